The third kappa shape index (κ3) is 3.57. The first-order valence-corrected chi connectivity index (χ1v) is 7.56. The van der Waals surface area contributed by atoms with Gasteiger partial charge in [0.15, 0.2) is 0 Å². The van der Waals surface area contributed by atoms with E-state index in [2.05, 4.69) is 17.2 Å². The Labute approximate surface area is 121 Å². The Morgan fingerprint density at radius 1 is 1.50 bits per heavy atom. The van der Waals surface area contributed by atoms with Gasteiger partial charge in [0, 0.05) is 12.2 Å². The summed E-state index contributed by atoms with van der Waals surface area (Å²) in [6, 6.07) is 5.93. The molecule has 1 aliphatic rings. The predicted molar refractivity (Wildman–Crippen MR) is 80.3 cm³/mol. The van der Waals surface area contributed by atoms with Gasteiger partial charge in [0.05, 0.1) is 18.3 Å². The lowest BCUT2D eigenvalue weighted by atomic mass is 9.92. The van der Waals surface area contributed by atoms with Crippen LogP contribution in [0.25, 0.3) is 0 Å². The maximum atomic E-state index is 12.7. The molecule has 1 aliphatic heterocycles. The van der Waals surface area contributed by atoms with Crippen LogP contribution in [0, 0.1) is 12.8 Å². The maximum Gasteiger partial charge on any atom is 0.240 e. The molecule has 1 aromatic rings. The SMILES string of the molecule is CCN(Cc1cccc(C)n1)C(=O)C1NCCCC1C. The lowest BCUT2D eigenvalue weighted by molar-refractivity contribution is -0.135. The highest BCUT2D eigenvalue weighted by atomic mass is 16.2. The van der Waals surface area contributed by atoms with Crippen LogP contribution in [-0.2, 0) is 11.3 Å². The average Bonchev–Trinajstić information content (AvgIpc) is 2.44. The average molecular weight is 275 g/mol. The fraction of sp³-hybridized carbons (Fsp3) is 0.625. The summed E-state index contributed by atoms with van der Waals surface area (Å²) in [5.74, 6) is 0.624. The van der Waals surface area contributed by atoms with Gasteiger partial charge in [-0.1, -0.05) is 13.0 Å². The van der Waals surface area contributed by atoms with Crippen molar-refractivity contribution in [3.8, 4) is 0 Å². The molecule has 0 aromatic carbocycles. The summed E-state index contributed by atoms with van der Waals surface area (Å²) in [7, 11) is 0. The number of aromatic nitrogens is 1. The van der Waals surface area contributed by atoms with E-state index in [1.54, 1.807) is 0 Å². The van der Waals surface area contributed by atoms with Gasteiger partial charge >= 0.3 is 0 Å². The minimum atomic E-state index is -0.0338. The van der Waals surface area contributed by atoms with E-state index in [-0.39, 0.29) is 11.9 Å². The molecular formula is C16H25N3O. The zero-order valence-electron chi connectivity index (χ0n) is 12.7. The van der Waals surface area contributed by atoms with Crippen molar-refractivity contribution in [1.29, 1.82) is 0 Å². The molecule has 1 N–H and O–H groups in total. The number of rotatable bonds is 4. The van der Waals surface area contributed by atoms with Gasteiger partial charge in [0.25, 0.3) is 0 Å². The molecule has 2 atom stereocenters. The molecule has 1 aromatic heterocycles. The molecule has 0 bridgehead atoms. The van der Waals surface area contributed by atoms with Crippen molar-refractivity contribution in [3.05, 3.63) is 29.6 Å². The summed E-state index contributed by atoms with van der Waals surface area (Å²) < 4.78 is 0. The molecule has 0 radical (unpaired) electrons. The second-order valence-corrected chi connectivity index (χ2v) is 5.67. The van der Waals surface area contributed by atoms with Crippen LogP contribution in [0.5, 0.6) is 0 Å². The van der Waals surface area contributed by atoms with Gasteiger partial charge in [0.2, 0.25) is 5.91 Å². The third-order valence-electron chi connectivity index (χ3n) is 4.03. The zero-order valence-corrected chi connectivity index (χ0v) is 12.7. The van der Waals surface area contributed by atoms with Crippen LogP contribution in [0.2, 0.25) is 0 Å². The normalized spacial score (nSPS) is 22.6. The first-order chi connectivity index (χ1) is 9.61. The van der Waals surface area contributed by atoms with Gasteiger partial charge in [-0.25, -0.2) is 0 Å². The number of nitrogens with zero attached hydrogens (tertiary/aromatic N) is 2. The molecule has 20 heavy (non-hydrogen) atoms. The van der Waals surface area contributed by atoms with Crippen molar-refractivity contribution >= 4 is 5.91 Å². The second-order valence-electron chi connectivity index (χ2n) is 5.67. The van der Waals surface area contributed by atoms with Gasteiger partial charge in [-0.15, -0.1) is 0 Å². The molecule has 2 rings (SSSR count). The Bertz CT molecular complexity index is 461. The Balaban J connectivity index is 2.05. The van der Waals surface area contributed by atoms with Crippen molar-refractivity contribution < 1.29 is 4.79 Å². The number of aryl methyl sites for hydroxylation is 1. The molecular weight excluding hydrogens is 250 g/mol. The molecule has 0 aliphatic carbocycles. The largest absolute Gasteiger partial charge is 0.336 e. The van der Waals surface area contributed by atoms with Crippen LogP contribution in [0.3, 0.4) is 0 Å². The van der Waals surface area contributed by atoms with E-state index in [4.69, 9.17) is 0 Å². The number of carbonyl (C=O) groups excluding carboxylic acids is 1. The molecule has 1 amide bonds. The number of carbonyl (C=O) groups is 1. The van der Waals surface area contributed by atoms with Crippen molar-refractivity contribution in [1.82, 2.24) is 15.2 Å². The predicted octanol–water partition coefficient (Wildman–Crippen LogP) is 2.13. The summed E-state index contributed by atoms with van der Waals surface area (Å²) in [5.41, 5.74) is 1.96. The standard InChI is InChI=1S/C16H25N3O/c1-4-19(11-14-9-5-8-13(3)18-14)16(20)15-12(2)7-6-10-17-15/h5,8-9,12,15,17H,4,6-7,10-11H2,1-3H3. The van der Waals surface area contributed by atoms with Crippen LogP contribution in [0.4, 0.5) is 0 Å². The van der Waals surface area contributed by atoms with E-state index < -0.39 is 0 Å². The minimum absolute atomic E-state index is 0.0338. The van der Waals surface area contributed by atoms with E-state index in [0.29, 0.717) is 12.5 Å². The molecule has 2 unspecified atom stereocenters. The number of hydrogen-bond donors (Lipinski definition) is 1. The Morgan fingerprint density at radius 2 is 2.30 bits per heavy atom. The summed E-state index contributed by atoms with van der Waals surface area (Å²) in [5, 5.41) is 3.37. The van der Waals surface area contributed by atoms with Gasteiger partial charge < -0.3 is 10.2 Å². The van der Waals surface area contributed by atoms with Gasteiger partial charge in [-0.3, -0.25) is 9.78 Å². The number of pyridine rings is 1. The number of piperidine rings is 1. The van der Waals surface area contributed by atoms with E-state index in [1.165, 1.54) is 0 Å². The van der Waals surface area contributed by atoms with Crippen molar-refractivity contribution in [2.24, 2.45) is 5.92 Å². The maximum absolute atomic E-state index is 12.7. The zero-order chi connectivity index (χ0) is 14.5. The summed E-state index contributed by atoms with van der Waals surface area (Å²) >= 11 is 0. The lowest BCUT2D eigenvalue weighted by Crippen LogP contribution is -2.52. The first-order valence-electron chi connectivity index (χ1n) is 7.56. The highest BCUT2D eigenvalue weighted by Gasteiger charge is 2.30. The van der Waals surface area contributed by atoms with E-state index >= 15 is 0 Å². The number of nitrogens with one attached hydrogen (secondary N) is 1. The highest BCUT2D eigenvalue weighted by Crippen LogP contribution is 2.18. The van der Waals surface area contributed by atoms with Gasteiger partial charge in [-0.05, 0) is 51.3 Å². The lowest BCUT2D eigenvalue weighted by Gasteiger charge is -2.33. The van der Waals surface area contributed by atoms with E-state index in [0.717, 1.165) is 37.3 Å². The van der Waals surface area contributed by atoms with E-state index in [1.807, 2.05) is 36.9 Å². The molecule has 110 valence electrons. The molecule has 0 saturated carbocycles. The summed E-state index contributed by atoms with van der Waals surface area (Å²) in [4.78, 5) is 19.1. The van der Waals surface area contributed by atoms with Crippen LogP contribution in [0.15, 0.2) is 18.2 Å². The molecule has 4 heteroatoms. The Hall–Kier alpha value is -1.42. The minimum Gasteiger partial charge on any atom is -0.336 e. The highest BCUT2D eigenvalue weighted by molar-refractivity contribution is 5.82. The number of amides is 1. The first kappa shape index (κ1) is 15.0. The fourth-order valence-corrected chi connectivity index (χ4v) is 2.81. The molecule has 1 saturated heterocycles. The molecule has 0 spiro atoms. The topological polar surface area (TPSA) is 45.2 Å². The molecule has 1 fully saturated rings. The summed E-state index contributed by atoms with van der Waals surface area (Å²) in [6.45, 7) is 8.43. The van der Waals surface area contributed by atoms with Gasteiger partial charge in [0.1, 0.15) is 0 Å². The molecule has 2 heterocycles. The monoisotopic (exact) mass is 275 g/mol. The summed E-state index contributed by atoms with van der Waals surface area (Å²) in [6.07, 6.45) is 2.29. The van der Waals surface area contributed by atoms with Crippen molar-refractivity contribution in [2.45, 2.75) is 46.2 Å². The van der Waals surface area contributed by atoms with Crippen LogP contribution in [-0.4, -0.2) is 34.9 Å². The van der Waals surface area contributed by atoms with Crippen molar-refractivity contribution in [2.75, 3.05) is 13.1 Å². The number of hydrogen-bond acceptors (Lipinski definition) is 3. The molecule has 4 nitrogen and oxygen atoms in total. The second kappa shape index (κ2) is 6.84. The van der Waals surface area contributed by atoms with Crippen LogP contribution >= 0.6 is 0 Å². The fourth-order valence-electron chi connectivity index (χ4n) is 2.81. The third-order valence-corrected chi connectivity index (χ3v) is 4.03. The smallest absolute Gasteiger partial charge is 0.240 e. The van der Waals surface area contributed by atoms with Crippen molar-refractivity contribution in [3.63, 3.8) is 0 Å². The Kier molecular flexibility index (Phi) is 5.12. The number of likely N-dealkylation sites (N-methyl/N-ethyl adjacent to an activating group) is 1. The quantitative estimate of drug-likeness (QED) is 0.915. The van der Waals surface area contributed by atoms with Crippen LogP contribution < -0.4 is 5.32 Å². The Morgan fingerprint density at radius 3 is 2.95 bits per heavy atom. The van der Waals surface area contributed by atoms with Gasteiger partial charge in [-0.2, -0.15) is 0 Å². The van der Waals surface area contributed by atoms with E-state index in [9.17, 15) is 4.79 Å². The van der Waals surface area contributed by atoms with Crippen LogP contribution in [0.1, 0.15) is 38.1 Å².